The van der Waals surface area contributed by atoms with Gasteiger partial charge in [-0.25, -0.2) is 4.39 Å². The van der Waals surface area contributed by atoms with E-state index in [1.165, 1.54) is 6.07 Å². The van der Waals surface area contributed by atoms with Gasteiger partial charge in [-0.2, -0.15) is 0 Å². The molecule has 0 amide bonds. The molecular formula is C15H13Br2ClFNO. The van der Waals surface area contributed by atoms with E-state index in [0.29, 0.717) is 20.8 Å². The van der Waals surface area contributed by atoms with E-state index in [2.05, 4.69) is 37.2 Å². The first-order chi connectivity index (χ1) is 9.97. The molecule has 0 aliphatic rings. The first-order valence-corrected chi connectivity index (χ1v) is 8.09. The van der Waals surface area contributed by atoms with Gasteiger partial charge in [0.25, 0.3) is 0 Å². The molecule has 1 unspecified atom stereocenters. The highest BCUT2D eigenvalue weighted by Gasteiger charge is 2.21. The van der Waals surface area contributed by atoms with Crippen molar-refractivity contribution in [1.82, 2.24) is 5.32 Å². The Morgan fingerprint density at radius 3 is 2.52 bits per heavy atom. The number of methoxy groups -OCH3 is 1. The molecule has 0 fully saturated rings. The molecule has 2 nitrogen and oxygen atoms in total. The number of nitrogens with one attached hydrogen (secondary N) is 1. The van der Waals surface area contributed by atoms with E-state index in [1.54, 1.807) is 20.2 Å². The molecule has 21 heavy (non-hydrogen) atoms. The number of hydrogen-bond donors (Lipinski definition) is 1. The minimum atomic E-state index is -0.362. The van der Waals surface area contributed by atoms with Crippen molar-refractivity contribution in [3.63, 3.8) is 0 Å². The van der Waals surface area contributed by atoms with Crippen LogP contribution in [0.3, 0.4) is 0 Å². The lowest BCUT2D eigenvalue weighted by Crippen LogP contribution is -2.19. The highest BCUT2D eigenvalue weighted by molar-refractivity contribution is 9.10. The van der Waals surface area contributed by atoms with Crippen LogP contribution in [-0.4, -0.2) is 14.2 Å². The highest BCUT2D eigenvalue weighted by Crippen LogP contribution is 2.36. The Morgan fingerprint density at radius 2 is 1.90 bits per heavy atom. The third-order valence-corrected chi connectivity index (χ3v) is 4.84. The summed E-state index contributed by atoms with van der Waals surface area (Å²) in [6.45, 7) is 0. The van der Waals surface area contributed by atoms with Crippen LogP contribution in [0.2, 0.25) is 5.02 Å². The predicted molar refractivity (Wildman–Crippen MR) is 90.7 cm³/mol. The minimum Gasteiger partial charge on any atom is -0.496 e. The predicted octanol–water partition coefficient (Wildman–Crippen LogP) is 5.32. The smallest absolute Gasteiger partial charge is 0.129 e. The van der Waals surface area contributed by atoms with E-state index in [1.807, 2.05) is 18.2 Å². The van der Waals surface area contributed by atoms with E-state index in [9.17, 15) is 4.39 Å². The highest BCUT2D eigenvalue weighted by atomic mass is 79.9. The molecule has 0 aliphatic heterocycles. The Kier molecular flexibility index (Phi) is 5.66. The van der Waals surface area contributed by atoms with Gasteiger partial charge < -0.3 is 10.1 Å². The molecule has 0 heterocycles. The van der Waals surface area contributed by atoms with Crippen LogP contribution < -0.4 is 10.1 Å². The van der Waals surface area contributed by atoms with E-state index in [4.69, 9.17) is 16.3 Å². The fourth-order valence-electron chi connectivity index (χ4n) is 2.16. The second-order valence-electron chi connectivity index (χ2n) is 4.40. The first-order valence-electron chi connectivity index (χ1n) is 6.13. The van der Waals surface area contributed by atoms with Crippen LogP contribution >= 0.6 is 43.5 Å². The number of ether oxygens (including phenoxy) is 1. The normalized spacial score (nSPS) is 12.3. The average molecular weight is 438 g/mol. The van der Waals surface area contributed by atoms with Gasteiger partial charge in [-0.05, 0) is 47.2 Å². The number of hydrogen-bond acceptors (Lipinski definition) is 2. The Balaban J connectivity index is 2.57. The summed E-state index contributed by atoms with van der Waals surface area (Å²) in [6, 6.07) is 8.24. The molecule has 0 spiro atoms. The Bertz CT molecular complexity index is 666. The standard InChI is InChI=1S/C15H13Br2ClFNO/c1-20-15(9-4-3-8(16)5-14(9)21-2)10-6-12(18)11(17)7-13(10)19/h3-7,15,20H,1-2H3. The van der Waals surface area contributed by atoms with Crippen molar-refractivity contribution in [1.29, 1.82) is 0 Å². The number of halogens is 4. The second-order valence-corrected chi connectivity index (χ2v) is 6.57. The molecule has 0 aliphatic carbocycles. The topological polar surface area (TPSA) is 21.3 Å². The summed E-state index contributed by atoms with van der Waals surface area (Å²) < 4.78 is 21.1. The van der Waals surface area contributed by atoms with Crippen molar-refractivity contribution in [3.8, 4) is 5.75 Å². The molecule has 2 aromatic rings. The molecule has 0 radical (unpaired) electrons. The van der Waals surface area contributed by atoms with Crippen LogP contribution in [0.5, 0.6) is 5.75 Å². The van der Waals surface area contributed by atoms with Gasteiger partial charge in [0.15, 0.2) is 0 Å². The van der Waals surface area contributed by atoms with Crippen LogP contribution in [0.25, 0.3) is 0 Å². The number of rotatable bonds is 4. The van der Waals surface area contributed by atoms with Crippen LogP contribution in [0.4, 0.5) is 4.39 Å². The molecule has 0 saturated carbocycles. The van der Waals surface area contributed by atoms with Gasteiger partial charge in [-0.3, -0.25) is 0 Å². The van der Waals surface area contributed by atoms with Crippen molar-refractivity contribution in [2.45, 2.75) is 6.04 Å². The van der Waals surface area contributed by atoms with Crippen molar-refractivity contribution in [2.24, 2.45) is 0 Å². The van der Waals surface area contributed by atoms with Gasteiger partial charge in [0.1, 0.15) is 11.6 Å². The maximum atomic E-state index is 14.3. The fourth-order valence-corrected chi connectivity index (χ4v) is 2.99. The molecule has 1 N–H and O–H groups in total. The van der Waals surface area contributed by atoms with E-state index in [-0.39, 0.29) is 11.9 Å². The van der Waals surface area contributed by atoms with Crippen LogP contribution in [-0.2, 0) is 0 Å². The summed E-state index contributed by atoms with van der Waals surface area (Å²) in [6.07, 6.45) is 0. The van der Waals surface area contributed by atoms with Gasteiger partial charge in [0.05, 0.1) is 18.2 Å². The molecule has 1 atom stereocenters. The summed E-state index contributed by atoms with van der Waals surface area (Å²) in [5.41, 5.74) is 1.30. The van der Waals surface area contributed by atoms with Gasteiger partial charge in [-0.1, -0.05) is 33.6 Å². The van der Waals surface area contributed by atoms with Gasteiger partial charge >= 0.3 is 0 Å². The zero-order valence-electron chi connectivity index (χ0n) is 11.4. The monoisotopic (exact) mass is 435 g/mol. The van der Waals surface area contributed by atoms with E-state index >= 15 is 0 Å². The number of benzene rings is 2. The van der Waals surface area contributed by atoms with Crippen LogP contribution in [0.15, 0.2) is 39.3 Å². The zero-order chi connectivity index (χ0) is 15.6. The summed E-state index contributed by atoms with van der Waals surface area (Å²) in [4.78, 5) is 0. The summed E-state index contributed by atoms with van der Waals surface area (Å²) in [5.74, 6) is 0.331. The molecular weight excluding hydrogens is 424 g/mol. The third kappa shape index (κ3) is 3.59. The quantitative estimate of drug-likeness (QED) is 0.654. The van der Waals surface area contributed by atoms with Crippen molar-refractivity contribution >= 4 is 43.5 Å². The second kappa shape index (κ2) is 7.09. The minimum absolute atomic E-state index is 0.337. The summed E-state index contributed by atoms with van der Waals surface area (Å²) in [7, 11) is 3.35. The van der Waals surface area contributed by atoms with Gasteiger partial charge in [-0.15, -0.1) is 0 Å². The third-order valence-electron chi connectivity index (χ3n) is 3.15. The van der Waals surface area contributed by atoms with Crippen molar-refractivity contribution < 1.29 is 9.13 Å². The van der Waals surface area contributed by atoms with E-state index in [0.717, 1.165) is 10.0 Å². The Hall–Kier alpha value is -0.620. The average Bonchev–Trinajstić information content (AvgIpc) is 2.46. The Labute approximate surface area is 144 Å². The van der Waals surface area contributed by atoms with Gasteiger partial charge in [0.2, 0.25) is 0 Å². The molecule has 112 valence electrons. The fraction of sp³-hybridized carbons (Fsp3) is 0.200. The van der Waals surface area contributed by atoms with Crippen molar-refractivity contribution in [2.75, 3.05) is 14.2 Å². The molecule has 0 aromatic heterocycles. The lowest BCUT2D eigenvalue weighted by molar-refractivity contribution is 0.404. The van der Waals surface area contributed by atoms with E-state index < -0.39 is 0 Å². The van der Waals surface area contributed by atoms with Crippen LogP contribution in [0, 0.1) is 5.82 Å². The first kappa shape index (κ1) is 16.7. The molecule has 0 saturated heterocycles. The maximum Gasteiger partial charge on any atom is 0.129 e. The molecule has 2 rings (SSSR count). The van der Waals surface area contributed by atoms with Crippen molar-refractivity contribution in [3.05, 3.63) is 61.2 Å². The maximum absolute atomic E-state index is 14.3. The zero-order valence-corrected chi connectivity index (χ0v) is 15.3. The SMILES string of the molecule is CNC(c1cc(Cl)c(Br)cc1F)c1ccc(Br)cc1OC. The molecule has 0 bridgehead atoms. The van der Waals surface area contributed by atoms with Gasteiger partial charge in [0, 0.05) is 20.1 Å². The summed E-state index contributed by atoms with van der Waals surface area (Å²) in [5, 5.41) is 3.57. The van der Waals surface area contributed by atoms with Crippen LogP contribution in [0.1, 0.15) is 17.2 Å². The lowest BCUT2D eigenvalue weighted by atomic mass is 9.97. The Morgan fingerprint density at radius 1 is 1.19 bits per heavy atom. The largest absolute Gasteiger partial charge is 0.496 e. The summed E-state index contributed by atoms with van der Waals surface area (Å²) >= 11 is 12.7. The molecule has 6 heteroatoms. The lowest BCUT2D eigenvalue weighted by Gasteiger charge is -2.21. The molecule has 2 aromatic carbocycles.